The fraction of sp³-hybridized carbons (Fsp3) is 0.421. The number of carbonyl (C=O) groups is 1. The summed E-state index contributed by atoms with van der Waals surface area (Å²) in [5, 5.41) is 8.04. The number of ether oxygens (including phenoxy) is 1. The van der Waals surface area contributed by atoms with Crippen LogP contribution < -0.4 is 10.6 Å². The lowest BCUT2D eigenvalue weighted by Gasteiger charge is -2.16. The molecule has 0 radical (unpaired) electrons. The zero-order chi connectivity index (χ0) is 19.8. The zero-order valence-electron chi connectivity index (χ0n) is 16.0. The highest BCUT2D eigenvalue weighted by Gasteiger charge is 2.20. The summed E-state index contributed by atoms with van der Waals surface area (Å²) in [6.07, 6.45) is 0. The second kappa shape index (κ2) is 10.3. The van der Waals surface area contributed by atoms with E-state index in [4.69, 9.17) is 16.3 Å². The minimum atomic E-state index is -0.328. The lowest BCUT2D eigenvalue weighted by atomic mass is 10.2. The van der Waals surface area contributed by atoms with Crippen LogP contribution in [0.25, 0.3) is 0 Å². The number of benzene rings is 1. The van der Waals surface area contributed by atoms with Crippen LogP contribution in [0.5, 0.6) is 0 Å². The van der Waals surface area contributed by atoms with Crippen molar-refractivity contribution in [2.45, 2.75) is 40.3 Å². The Balaban J connectivity index is 2.11. The molecule has 1 heterocycles. The molecule has 2 N–H and O–H groups in total. The molecule has 0 aliphatic heterocycles. The summed E-state index contributed by atoms with van der Waals surface area (Å²) in [5.74, 6) is 0.334. The van der Waals surface area contributed by atoms with Gasteiger partial charge in [-0.3, -0.25) is 0 Å². The molecular formula is C19H25ClN4O2S. The molecule has 0 amide bonds. The van der Waals surface area contributed by atoms with Gasteiger partial charge < -0.3 is 15.4 Å². The molecule has 6 nitrogen and oxygen atoms in total. The monoisotopic (exact) mass is 408 g/mol. The standard InChI is InChI=1S/C19H25ClN4O2S/c1-5-21-19(22-11-14-9-7-8-10-15(14)20)24-13(4)17-23-12(3)16(27-17)18(25)26-6-2/h7-10,13H,5-6,11H2,1-4H3,(H2,21,22,24). The van der Waals surface area contributed by atoms with Crippen LogP contribution in [0.1, 0.15) is 52.7 Å². The van der Waals surface area contributed by atoms with Gasteiger partial charge in [0.15, 0.2) is 5.96 Å². The second-order valence-corrected chi connectivity index (χ2v) is 7.28. The Bertz CT molecular complexity index is 807. The van der Waals surface area contributed by atoms with Crippen molar-refractivity contribution >= 4 is 34.9 Å². The normalized spacial score (nSPS) is 12.6. The summed E-state index contributed by atoms with van der Waals surface area (Å²) >= 11 is 7.54. The van der Waals surface area contributed by atoms with Gasteiger partial charge in [-0.15, -0.1) is 11.3 Å². The Hall–Kier alpha value is -2.12. The third-order valence-electron chi connectivity index (χ3n) is 3.71. The summed E-state index contributed by atoms with van der Waals surface area (Å²) in [4.78, 5) is 21.6. The summed E-state index contributed by atoms with van der Waals surface area (Å²) in [5.41, 5.74) is 1.64. The summed E-state index contributed by atoms with van der Waals surface area (Å²) < 4.78 is 5.08. The lowest BCUT2D eigenvalue weighted by Crippen LogP contribution is -2.38. The number of hydrogen-bond donors (Lipinski definition) is 2. The molecule has 2 aromatic rings. The van der Waals surface area contributed by atoms with Crippen molar-refractivity contribution in [3.8, 4) is 0 Å². The molecular weight excluding hydrogens is 384 g/mol. The average Bonchev–Trinajstić information content (AvgIpc) is 3.03. The summed E-state index contributed by atoms with van der Waals surface area (Å²) in [6.45, 7) is 9.13. The molecule has 0 bridgehead atoms. The number of hydrogen-bond acceptors (Lipinski definition) is 5. The Morgan fingerprint density at radius 1 is 1.37 bits per heavy atom. The van der Waals surface area contributed by atoms with E-state index in [1.54, 1.807) is 6.92 Å². The average molecular weight is 409 g/mol. The number of carbonyl (C=O) groups excluding carboxylic acids is 1. The van der Waals surface area contributed by atoms with Crippen LogP contribution in [-0.4, -0.2) is 30.1 Å². The van der Waals surface area contributed by atoms with Crippen LogP contribution in [0, 0.1) is 6.92 Å². The predicted molar refractivity (Wildman–Crippen MR) is 111 cm³/mol. The first-order valence-electron chi connectivity index (χ1n) is 8.88. The maximum Gasteiger partial charge on any atom is 0.350 e. The molecule has 8 heteroatoms. The fourth-order valence-corrected chi connectivity index (χ4v) is 3.52. The number of guanidine groups is 1. The highest BCUT2D eigenvalue weighted by Crippen LogP contribution is 2.24. The number of thiazole rings is 1. The third-order valence-corrected chi connectivity index (χ3v) is 5.40. The minimum absolute atomic E-state index is 0.110. The van der Waals surface area contributed by atoms with Crippen LogP contribution >= 0.6 is 22.9 Å². The number of halogens is 1. The van der Waals surface area contributed by atoms with Gasteiger partial charge in [-0.25, -0.2) is 14.8 Å². The second-order valence-electron chi connectivity index (χ2n) is 5.84. The van der Waals surface area contributed by atoms with E-state index in [0.717, 1.165) is 17.1 Å². The number of aromatic nitrogens is 1. The Kier molecular flexibility index (Phi) is 8.06. The van der Waals surface area contributed by atoms with Crippen molar-refractivity contribution in [1.29, 1.82) is 0 Å². The molecule has 0 saturated carbocycles. The molecule has 0 aliphatic rings. The van der Waals surface area contributed by atoms with E-state index in [9.17, 15) is 4.79 Å². The predicted octanol–water partition coefficient (Wildman–Crippen LogP) is 4.10. The number of rotatable bonds is 7. The fourth-order valence-electron chi connectivity index (χ4n) is 2.37. The van der Waals surface area contributed by atoms with Crippen LogP contribution in [0.15, 0.2) is 29.3 Å². The van der Waals surface area contributed by atoms with Crippen molar-refractivity contribution in [1.82, 2.24) is 15.6 Å². The van der Waals surface area contributed by atoms with Gasteiger partial charge in [0.1, 0.15) is 9.88 Å². The van der Waals surface area contributed by atoms with Gasteiger partial charge in [-0.2, -0.15) is 0 Å². The van der Waals surface area contributed by atoms with Gasteiger partial charge in [0, 0.05) is 11.6 Å². The van der Waals surface area contributed by atoms with E-state index in [1.165, 1.54) is 11.3 Å². The van der Waals surface area contributed by atoms with Crippen molar-refractivity contribution in [3.05, 3.63) is 50.4 Å². The molecule has 0 spiro atoms. The maximum absolute atomic E-state index is 12.0. The number of nitrogens with zero attached hydrogens (tertiary/aromatic N) is 2. The van der Waals surface area contributed by atoms with Crippen molar-refractivity contribution in [2.75, 3.05) is 13.2 Å². The molecule has 0 aliphatic carbocycles. The first-order valence-corrected chi connectivity index (χ1v) is 10.1. The first kappa shape index (κ1) is 21.2. The van der Waals surface area contributed by atoms with Gasteiger partial charge in [0.25, 0.3) is 0 Å². The minimum Gasteiger partial charge on any atom is -0.462 e. The van der Waals surface area contributed by atoms with Crippen molar-refractivity contribution < 1.29 is 9.53 Å². The zero-order valence-corrected chi connectivity index (χ0v) is 17.6. The van der Waals surface area contributed by atoms with E-state index in [1.807, 2.05) is 45.0 Å². The van der Waals surface area contributed by atoms with E-state index in [0.29, 0.717) is 34.7 Å². The van der Waals surface area contributed by atoms with E-state index >= 15 is 0 Å². The van der Waals surface area contributed by atoms with Gasteiger partial charge in [-0.1, -0.05) is 29.8 Å². The van der Waals surface area contributed by atoms with Crippen LogP contribution in [0.3, 0.4) is 0 Å². The number of aryl methyl sites for hydroxylation is 1. The van der Waals surface area contributed by atoms with Crippen LogP contribution in [0.2, 0.25) is 5.02 Å². The largest absolute Gasteiger partial charge is 0.462 e. The highest BCUT2D eigenvalue weighted by molar-refractivity contribution is 7.13. The van der Waals surface area contributed by atoms with E-state index < -0.39 is 0 Å². The smallest absolute Gasteiger partial charge is 0.350 e. The van der Waals surface area contributed by atoms with Crippen molar-refractivity contribution in [2.24, 2.45) is 4.99 Å². The molecule has 1 atom stereocenters. The molecule has 1 unspecified atom stereocenters. The number of aliphatic imine (C=N–C) groups is 1. The molecule has 2 rings (SSSR count). The quantitative estimate of drug-likeness (QED) is 0.410. The van der Waals surface area contributed by atoms with Gasteiger partial charge in [0.05, 0.1) is 24.9 Å². The Morgan fingerprint density at radius 2 is 2.11 bits per heavy atom. The SMILES string of the molecule is CCNC(=NCc1ccccc1Cl)NC(C)c1nc(C)c(C(=O)OCC)s1. The van der Waals surface area contributed by atoms with E-state index in [-0.39, 0.29) is 12.0 Å². The van der Waals surface area contributed by atoms with Crippen molar-refractivity contribution in [3.63, 3.8) is 0 Å². The van der Waals surface area contributed by atoms with Crippen LogP contribution in [0.4, 0.5) is 0 Å². The molecule has 1 aromatic carbocycles. The molecule has 1 aromatic heterocycles. The Morgan fingerprint density at radius 3 is 2.78 bits per heavy atom. The molecule has 27 heavy (non-hydrogen) atoms. The van der Waals surface area contributed by atoms with E-state index in [2.05, 4.69) is 20.6 Å². The lowest BCUT2D eigenvalue weighted by molar-refractivity contribution is 0.0531. The van der Waals surface area contributed by atoms with Gasteiger partial charge in [0.2, 0.25) is 0 Å². The number of nitrogens with one attached hydrogen (secondary N) is 2. The topological polar surface area (TPSA) is 75.6 Å². The molecule has 0 fully saturated rings. The van der Waals surface area contributed by atoms with Gasteiger partial charge >= 0.3 is 5.97 Å². The van der Waals surface area contributed by atoms with Crippen LogP contribution in [-0.2, 0) is 11.3 Å². The third kappa shape index (κ3) is 5.94. The summed E-state index contributed by atoms with van der Waals surface area (Å²) in [7, 11) is 0. The first-order chi connectivity index (χ1) is 13.0. The maximum atomic E-state index is 12.0. The molecule has 146 valence electrons. The summed E-state index contributed by atoms with van der Waals surface area (Å²) in [6, 6.07) is 7.53. The van der Waals surface area contributed by atoms with Gasteiger partial charge in [-0.05, 0) is 39.3 Å². The molecule has 0 saturated heterocycles. The highest BCUT2D eigenvalue weighted by atomic mass is 35.5. The Labute approximate surface area is 169 Å². The number of esters is 1.